The molecule has 1 rings (SSSR count). The minimum atomic E-state index is -3.34. The highest BCUT2D eigenvalue weighted by Crippen LogP contribution is 2.34. The number of amides is 1. The number of hydrogen-bond acceptors (Lipinski definition) is 4. The number of aliphatic hydroxyl groups is 1. The zero-order valence-electron chi connectivity index (χ0n) is 16.5. The summed E-state index contributed by atoms with van der Waals surface area (Å²) in [5, 5.41) is 9.94. The first-order valence-corrected chi connectivity index (χ1v) is 9.94. The molecule has 0 aromatic rings. The van der Waals surface area contributed by atoms with E-state index in [4.69, 9.17) is 0 Å². The van der Waals surface area contributed by atoms with Crippen LogP contribution in [-0.4, -0.2) is 53.6 Å². The van der Waals surface area contributed by atoms with Crippen LogP contribution in [0.4, 0.5) is 8.78 Å². The predicted molar refractivity (Wildman–Crippen MR) is 99.5 cm³/mol. The first-order valence-electron chi connectivity index (χ1n) is 9.94. The number of nitrogens with zero attached hydrogens (tertiary/aromatic N) is 1. The van der Waals surface area contributed by atoms with Gasteiger partial charge in [-0.1, -0.05) is 51.2 Å². The molecule has 0 bridgehead atoms. The fraction of sp³-hybridized carbons (Fsp3) is 0.800. The molecule has 27 heavy (non-hydrogen) atoms. The number of halogens is 2. The Bertz CT molecular complexity index is 496. The van der Waals surface area contributed by atoms with Gasteiger partial charge in [0.2, 0.25) is 0 Å². The van der Waals surface area contributed by atoms with E-state index in [1.54, 1.807) is 12.2 Å². The Hall–Kier alpha value is -1.50. The van der Waals surface area contributed by atoms with Gasteiger partial charge in [0, 0.05) is 19.4 Å². The molecule has 1 amide bonds. The molecule has 1 aliphatic rings. The molecule has 1 unspecified atom stereocenters. The Morgan fingerprint density at radius 1 is 1.30 bits per heavy atom. The Balaban J connectivity index is 2.45. The molecular formula is C20H33F2NO4. The van der Waals surface area contributed by atoms with Gasteiger partial charge < -0.3 is 14.7 Å². The third-order valence-corrected chi connectivity index (χ3v) is 4.86. The van der Waals surface area contributed by atoms with Crippen LogP contribution in [0.25, 0.3) is 0 Å². The van der Waals surface area contributed by atoms with Crippen LogP contribution in [0.3, 0.4) is 0 Å². The smallest absolute Gasteiger partial charge is 0.327 e. The second-order valence-corrected chi connectivity index (χ2v) is 7.16. The monoisotopic (exact) mass is 389 g/mol. The summed E-state index contributed by atoms with van der Waals surface area (Å²) in [6.07, 6.45) is 8.61. The van der Waals surface area contributed by atoms with Crippen molar-refractivity contribution in [3.8, 4) is 0 Å². The van der Waals surface area contributed by atoms with Crippen molar-refractivity contribution < 1.29 is 28.2 Å². The minimum absolute atomic E-state index is 0.257. The Labute approximate surface area is 160 Å². The third kappa shape index (κ3) is 8.37. The lowest BCUT2D eigenvalue weighted by Gasteiger charge is -2.22. The van der Waals surface area contributed by atoms with Crippen LogP contribution >= 0.6 is 0 Å². The number of esters is 1. The molecule has 0 aromatic carbocycles. The highest BCUT2D eigenvalue weighted by Gasteiger charge is 2.52. The van der Waals surface area contributed by atoms with E-state index in [2.05, 4.69) is 11.7 Å². The van der Waals surface area contributed by atoms with Gasteiger partial charge in [-0.05, 0) is 19.3 Å². The Morgan fingerprint density at radius 2 is 2.00 bits per heavy atom. The second kappa shape index (κ2) is 12.1. The fourth-order valence-corrected chi connectivity index (χ4v) is 3.22. The molecule has 0 aliphatic carbocycles. The van der Waals surface area contributed by atoms with Gasteiger partial charge >= 0.3 is 11.9 Å². The van der Waals surface area contributed by atoms with Crippen molar-refractivity contribution in [2.24, 2.45) is 0 Å². The van der Waals surface area contributed by atoms with Crippen LogP contribution < -0.4 is 0 Å². The Morgan fingerprint density at radius 3 is 2.67 bits per heavy atom. The highest BCUT2D eigenvalue weighted by atomic mass is 19.3. The molecule has 2 atom stereocenters. The SMILES string of the molecule is CCCCC[C@@H](O)C=CC1CC(F)(F)C(=O)N1CCCCCCC(=O)OC. The number of carbonyl (C=O) groups excluding carboxylic acids is 2. The van der Waals surface area contributed by atoms with E-state index in [0.29, 0.717) is 25.7 Å². The van der Waals surface area contributed by atoms with E-state index in [0.717, 1.165) is 32.1 Å². The summed E-state index contributed by atoms with van der Waals surface area (Å²) in [4.78, 5) is 24.2. The molecule has 0 saturated carbocycles. The maximum atomic E-state index is 13.8. The molecule has 1 fully saturated rings. The zero-order valence-corrected chi connectivity index (χ0v) is 16.5. The molecule has 0 aromatic heterocycles. The normalized spacial score (nSPS) is 20.4. The van der Waals surface area contributed by atoms with Crippen LogP contribution in [0, 0.1) is 0 Å². The quantitative estimate of drug-likeness (QED) is 0.295. The third-order valence-electron chi connectivity index (χ3n) is 4.86. The van der Waals surface area contributed by atoms with E-state index in [1.165, 1.54) is 12.0 Å². The van der Waals surface area contributed by atoms with E-state index in [-0.39, 0.29) is 12.5 Å². The predicted octanol–water partition coefficient (Wildman–Crippen LogP) is 3.84. The van der Waals surface area contributed by atoms with E-state index in [1.807, 2.05) is 0 Å². The fourth-order valence-electron chi connectivity index (χ4n) is 3.22. The summed E-state index contributed by atoms with van der Waals surface area (Å²) in [6.45, 7) is 2.33. The number of rotatable bonds is 13. The molecule has 1 aliphatic heterocycles. The van der Waals surface area contributed by atoms with Crippen molar-refractivity contribution in [3.63, 3.8) is 0 Å². The van der Waals surface area contributed by atoms with E-state index < -0.39 is 30.4 Å². The molecule has 1 saturated heterocycles. The average molecular weight is 389 g/mol. The maximum absolute atomic E-state index is 13.8. The number of ether oxygens (including phenoxy) is 1. The lowest BCUT2D eigenvalue weighted by molar-refractivity contribution is -0.148. The van der Waals surface area contributed by atoms with Crippen molar-refractivity contribution in [2.75, 3.05) is 13.7 Å². The van der Waals surface area contributed by atoms with Gasteiger partial charge in [-0.15, -0.1) is 0 Å². The number of methoxy groups -OCH3 is 1. The summed E-state index contributed by atoms with van der Waals surface area (Å²) in [7, 11) is 1.34. The molecule has 1 N–H and O–H groups in total. The van der Waals surface area contributed by atoms with Crippen molar-refractivity contribution in [2.45, 2.75) is 89.2 Å². The van der Waals surface area contributed by atoms with Crippen molar-refractivity contribution in [1.82, 2.24) is 4.90 Å². The maximum Gasteiger partial charge on any atom is 0.327 e. The summed E-state index contributed by atoms with van der Waals surface area (Å²) < 4.78 is 32.2. The molecule has 1 heterocycles. The largest absolute Gasteiger partial charge is 0.469 e. The van der Waals surface area contributed by atoms with Crippen molar-refractivity contribution >= 4 is 11.9 Å². The van der Waals surface area contributed by atoms with Crippen molar-refractivity contribution in [1.29, 1.82) is 0 Å². The van der Waals surface area contributed by atoms with Crippen LogP contribution in [0.15, 0.2) is 12.2 Å². The van der Waals surface area contributed by atoms with Gasteiger partial charge in [-0.3, -0.25) is 9.59 Å². The number of aliphatic hydroxyl groups excluding tert-OH is 1. The first kappa shape index (κ1) is 23.5. The number of likely N-dealkylation sites (tertiary alicyclic amines) is 1. The van der Waals surface area contributed by atoms with E-state index in [9.17, 15) is 23.5 Å². The standard InChI is InChI=1S/C20H33F2NO4/c1-3-4-7-10-17(24)13-12-16-15-20(21,22)19(26)23(16)14-9-6-5-8-11-18(25)27-2/h12-13,16-17,24H,3-11,14-15H2,1-2H3/t16?,17-/m1/s1. The lowest BCUT2D eigenvalue weighted by Crippen LogP contribution is -2.36. The van der Waals surface area contributed by atoms with Crippen LogP contribution in [0.2, 0.25) is 0 Å². The highest BCUT2D eigenvalue weighted by molar-refractivity contribution is 5.86. The van der Waals surface area contributed by atoms with E-state index >= 15 is 0 Å². The van der Waals surface area contributed by atoms with Gasteiger partial charge in [-0.25, -0.2) is 0 Å². The minimum Gasteiger partial charge on any atom is -0.469 e. The summed E-state index contributed by atoms with van der Waals surface area (Å²) in [5.74, 6) is -4.73. The number of alkyl halides is 2. The van der Waals surface area contributed by atoms with Crippen LogP contribution in [0.5, 0.6) is 0 Å². The molecule has 156 valence electrons. The van der Waals surface area contributed by atoms with Gasteiger partial charge in [0.05, 0.1) is 19.3 Å². The summed E-state index contributed by atoms with van der Waals surface area (Å²) in [5.41, 5.74) is 0. The Kier molecular flexibility index (Phi) is 10.5. The summed E-state index contributed by atoms with van der Waals surface area (Å²) >= 11 is 0. The van der Waals surface area contributed by atoms with Gasteiger partial charge in [0.15, 0.2) is 0 Å². The molecule has 0 radical (unpaired) electrons. The molecule has 5 nitrogen and oxygen atoms in total. The van der Waals surface area contributed by atoms with Gasteiger partial charge in [0.1, 0.15) is 0 Å². The van der Waals surface area contributed by atoms with Gasteiger partial charge in [-0.2, -0.15) is 8.78 Å². The number of unbranched alkanes of at least 4 members (excludes halogenated alkanes) is 5. The van der Waals surface area contributed by atoms with Crippen molar-refractivity contribution in [3.05, 3.63) is 12.2 Å². The molecule has 7 heteroatoms. The summed E-state index contributed by atoms with van der Waals surface area (Å²) in [6, 6.07) is -0.677. The zero-order chi connectivity index (χ0) is 20.3. The number of carbonyl (C=O) groups is 2. The first-order chi connectivity index (χ1) is 12.8. The molecule has 0 spiro atoms. The molecular weight excluding hydrogens is 356 g/mol. The topological polar surface area (TPSA) is 66.8 Å². The lowest BCUT2D eigenvalue weighted by atomic mass is 10.1. The average Bonchev–Trinajstić information content (AvgIpc) is 2.85. The number of hydrogen-bond donors (Lipinski definition) is 1. The second-order valence-electron chi connectivity index (χ2n) is 7.16. The van der Waals surface area contributed by atoms with Gasteiger partial charge in [0.25, 0.3) is 5.91 Å². The van der Waals surface area contributed by atoms with Crippen LogP contribution in [-0.2, 0) is 14.3 Å². The van der Waals surface area contributed by atoms with Crippen LogP contribution in [0.1, 0.15) is 71.1 Å².